The highest BCUT2D eigenvalue weighted by atomic mass is 32.1. The van der Waals surface area contributed by atoms with E-state index in [1.54, 1.807) is 12.3 Å². The van der Waals surface area contributed by atoms with Crippen LogP contribution in [0, 0.1) is 0 Å². The van der Waals surface area contributed by atoms with Crippen LogP contribution in [0.4, 0.5) is 5.82 Å². The van der Waals surface area contributed by atoms with Gasteiger partial charge in [0.2, 0.25) is 0 Å². The summed E-state index contributed by atoms with van der Waals surface area (Å²) in [6.07, 6.45) is 2.60. The topological polar surface area (TPSA) is 74.8 Å². The number of piperazine rings is 1. The molecule has 156 valence electrons. The third kappa shape index (κ3) is 6.01. The largest absolute Gasteiger partial charge is 0.379 e. The van der Waals surface area contributed by atoms with Crippen molar-refractivity contribution < 1.29 is 14.3 Å². The van der Waals surface area contributed by atoms with E-state index in [1.165, 1.54) is 11.3 Å². The third-order valence-corrected chi connectivity index (χ3v) is 5.55. The van der Waals surface area contributed by atoms with Crippen LogP contribution in [0.2, 0.25) is 0 Å². The van der Waals surface area contributed by atoms with Gasteiger partial charge in [-0.2, -0.15) is 0 Å². The number of aromatic nitrogens is 1. The van der Waals surface area contributed by atoms with Gasteiger partial charge in [0, 0.05) is 45.5 Å². The highest BCUT2D eigenvalue weighted by Gasteiger charge is 2.23. The molecule has 7 nitrogen and oxygen atoms in total. The van der Waals surface area contributed by atoms with Crippen molar-refractivity contribution in [1.29, 1.82) is 0 Å². The monoisotopic (exact) mass is 416 g/mol. The molecular formula is C21H28N4O3S. The molecular weight excluding hydrogens is 388 g/mol. The van der Waals surface area contributed by atoms with E-state index in [0.29, 0.717) is 31.8 Å². The van der Waals surface area contributed by atoms with Crippen molar-refractivity contribution in [1.82, 2.24) is 15.2 Å². The molecule has 29 heavy (non-hydrogen) atoms. The zero-order chi connectivity index (χ0) is 20.6. The van der Waals surface area contributed by atoms with Gasteiger partial charge in [0.05, 0.1) is 16.5 Å². The lowest BCUT2D eigenvalue weighted by molar-refractivity contribution is 0.0747. The minimum absolute atomic E-state index is 0.0958. The van der Waals surface area contributed by atoms with Gasteiger partial charge in [0.1, 0.15) is 5.82 Å². The van der Waals surface area contributed by atoms with Crippen molar-refractivity contribution in [2.24, 2.45) is 0 Å². The smallest absolute Gasteiger partial charge is 0.264 e. The lowest BCUT2D eigenvalue weighted by Crippen LogP contribution is -2.48. The highest BCUT2D eigenvalue weighted by molar-refractivity contribution is 7.12. The summed E-state index contributed by atoms with van der Waals surface area (Å²) in [5, 5.41) is 4.81. The summed E-state index contributed by atoms with van der Waals surface area (Å²) < 4.78 is 5.46. The maximum atomic E-state index is 12.4. The number of nitrogens with one attached hydrogen (secondary N) is 1. The van der Waals surface area contributed by atoms with E-state index in [0.717, 1.165) is 30.2 Å². The second-order valence-electron chi connectivity index (χ2n) is 7.19. The Morgan fingerprint density at radius 1 is 1.21 bits per heavy atom. The van der Waals surface area contributed by atoms with Crippen molar-refractivity contribution in [2.75, 3.05) is 44.2 Å². The SMILES string of the molecule is CC(C)OCCCNC(=O)c1ccc(N2CCN(C(=O)c3cccs3)CC2)nc1. The van der Waals surface area contributed by atoms with Crippen LogP contribution >= 0.6 is 11.3 Å². The predicted molar refractivity (Wildman–Crippen MR) is 115 cm³/mol. The molecule has 0 radical (unpaired) electrons. The Bertz CT molecular complexity index is 785. The zero-order valence-electron chi connectivity index (χ0n) is 17.0. The number of ether oxygens (including phenoxy) is 1. The number of anilines is 1. The standard InChI is InChI=1S/C21H28N4O3S/c1-16(2)28-13-4-8-22-20(26)17-6-7-19(23-15-17)24-9-11-25(12-10-24)21(27)18-5-3-14-29-18/h3,5-7,14-16H,4,8-13H2,1-2H3,(H,22,26). The lowest BCUT2D eigenvalue weighted by Gasteiger charge is -2.35. The number of hydrogen-bond acceptors (Lipinski definition) is 6. The maximum absolute atomic E-state index is 12.4. The second-order valence-corrected chi connectivity index (χ2v) is 8.14. The number of thiophene rings is 1. The summed E-state index contributed by atoms with van der Waals surface area (Å²) in [5.74, 6) is 0.800. The number of nitrogens with zero attached hydrogens (tertiary/aromatic N) is 3. The molecule has 1 N–H and O–H groups in total. The second kappa shape index (κ2) is 10.4. The number of amides is 2. The highest BCUT2D eigenvalue weighted by Crippen LogP contribution is 2.17. The molecule has 0 saturated carbocycles. The average Bonchev–Trinajstić information content (AvgIpc) is 3.28. The van der Waals surface area contributed by atoms with Gasteiger partial charge in [-0.3, -0.25) is 9.59 Å². The number of carbonyl (C=O) groups is 2. The summed E-state index contributed by atoms with van der Waals surface area (Å²) >= 11 is 1.47. The first-order valence-electron chi connectivity index (χ1n) is 9.98. The zero-order valence-corrected chi connectivity index (χ0v) is 17.8. The molecule has 3 rings (SSSR count). The van der Waals surface area contributed by atoms with E-state index in [-0.39, 0.29) is 17.9 Å². The third-order valence-electron chi connectivity index (χ3n) is 4.69. The molecule has 1 aliphatic heterocycles. The predicted octanol–water partition coefficient (Wildman–Crippen LogP) is 2.65. The van der Waals surface area contributed by atoms with Crippen LogP contribution in [0.25, 0.3) is 0 Å². The van der Waals surface area contributed by atoms with Crippen molar-refractivity contribution in [3.8, 4) is 0 Å². The van der Waals surface area contributed by atoms with Crippen molar-refractivity contribution in [3.63, 3.8) is 0 Å². The van der Waals surface area contributed by atoms with Gasteiger partial charge in [0.25, 0.3) is 11.8 Å². The average molecular weight is 417 g/mol. The molecule has 2 aromatic heterocycles. The molecule has 0 aromatic carbocycles. The molecule has 0 spiro atoms. The Labute approximate surface area is 175 Å². The minimum Gasteiger partial charge on any atom is -0.379 e. The van der Waals surface area contributed by atoms with Gasteiger partial charge in [-0.1, -0.05) is 6.07 Å². The normalized spacial score (nSPS) is 14.3. The van der Waals surface area contributed by atoms with Crippen molar-refractivity contribution in [3.05, 3.63) is 46.3 Å². The minimum atomic E-state index is -0.125. The van der Waals surface area contributed by atoms with Crippen molar-refractivity contribution >= 4 is 29.0 Å². The lowest BCUT2D eigenvalue weighted by atomic mass is 10.2. The molecule has 1 saturated heterocycles. The Hall–Kier alpha value is -2.45. The quantitative estimate of drug-likeness (QED) is 0.670. The van der Waals surface area contributed by atoms with Crippen LogP contribution in [0.15, 0.2) is 35.8 Å². The number of carbonyl (C=O) groups excluding carboxylic acids is 2. The molecule has 2 amide bonds. The molecule has 0 atom stereocenters. The molecule has 0 aliphatic carbocycles. The van der Waals surface area contributed by atoms with E-state index in [2.05, 4.69) is 15.2 Å². The molecule has 1 fully saturated rings. The van der Waals surface area contributed by atoms with Gasteiger partial charge in [0.15, 0.2) is 0 Å². The fourth-order valence-electron chi connectivity index (χ4n) is 3.10. The molecule has 8 heteroatoms. The summed E-state index contributed by atoms with van der Waals surface area (Å²) in [5.41, 5.74) is 0.546. The van der Waals surface area contributed by atoms with Crippen LogP contribution in [0.1, 0.15) is 40.3 Å². The van der Waals surface area contributed by atoms with Crippen molar-refractivity contribution in [2.45, 2.75) is 26.4 Å². The number of pyridine rings is 1. The fourth-order valence-corrected chi connectivity index (χ4v) is 3.79. The van der Waals surface area contributed by atoms with Gasteiger partial charge >= 0.3 is 0 Å². The molecule has 0 unspecified atom stereocenters. The van der Waals surface area contributed by atoms with Gasteiger partial charge in [-0.25, -0.2) is 4.98 Å². The van der Waals surface area contributed by atoms with E-state index in [1.807, 2.05) is 42.3 Å². The molecule has 1 aliphatic rings. The van der Waals surface area contributed by atoms with E-state index in [9.17, 15) is 9.59 Å². The van der Waals surface area contributed by atoms with E-state index >= 15 is 0 Å². The van der Waals surface area contributed by atoms with Crippen LogP contribution in [-0.2, 0) is 4.74 Å². The van der Waals surface area contributed by atoms with Gasteiger partial charge in [-0.15, -0.1) is 11.3 Å². The first kappa shape index (κ1) is 21.3. The van der Waals surface area contributed by atoms with Gasteiger partial charge in [-0.05, 0) is 43.8 Å². The molecule has 3 heterocycles. The van der Waals surface area contributed by atoms with E-state index in [4.69, 9.17) is 4.74 Å². The van der Waals surface area contributed by atoms with Crippen LogP contribution in [-0.4, -0.2) is 67.1 Å². The number of hydrogen-bond donors (Lipinski definition) is 1. The Morgan fingerprint density at radius 2 is 2.00 bits per heavy atom. The van der Waals surface area contributed by atoms with Crippen LogP contribution in [0.5, 0.6) is 0 Å². The van der Waals surface area contributed by atoms with E-state index < -0.39 is 0 Å². The van der Waals surface area contributed by atoms with Gasteiger partial charge < -0.3 is 19.9 Å². The summed E-state index contributed by atoms with van der Waals surface area (Å²) in [7, 11) is 0. The summed E-state index contributed by atoms with van der Waals surface area (Å²) in [4.78, 5) is 33.9. The number of rotatable bonds is 8. The first-order valence-corrected chi connectivity index (χ1v) is 10.9. The summed E-state index contributed by atoms with van der Waals surface area (Å²) in [6, 6.07) is 7.43. The molecule has 0 bridgehead atoms. The Morgan fingerprint density at radius 3 is 2.62 bits per heavy atom. The first-order chi connectivity index (χ1) is 14.0. The Balaban J connectivity index is 1.44. The van der Waals surface area contributed by atoms with Crippen LogP contribution < -0.4 is 10.2 Å². The maximum Gasteiger partial charge on any atom is 0.264 e. The Kier molecular flexibility index (Phi) is 7.60. The molecule has 2 aromatic rings. The fraction of sp³-hybridized carbons (Fsp3) is 0.476. The summed E-state index contributed by atoms with van der Waals surface area (Å²) in [6.45, 7) is 7.99. The van der Waals surface area contributed by atoms with Crippen LogP contribution in [0.3, 0.4) is 0 Å².